The third kappa shape index (κ3) is 49.3. The molecular formula is C122H166N10O8S8. The second-order valence-corrected chi connectivity index (χ2v) is 44.1. The summed E-state index contributed by atoms with van der Waals surface area (Å²) in [6.45, 7) is 72.6. The Balaban J connectivity index is 0.00000156. The Morgan fingerprint density at radius 3 is 1.38 bits per heavy atom. The van der Waals surface area contributed by atoms with E-state index in [0.29, 0.717) is 6.79 Å². The van der Waals surface area contributed by atoms with Crippen LogP contribution in [0.5, 0.6) is 17.2 Å². The summed E-state index contributed by atoms with van der Waals surface area (Å²) in [7, 11) is 1.71. The molecule has 148 heavy (non-hydrogen) atoms. The number of hydrogen-bond acceptors (Lipinski definition) is 23. The predicted octanol–water partition coefficient (Wildman–Crippen LogP) is 37.4. The van der Waals surface area contributed by atoms with Gasteiger partial charge >= 0.3 is 6.15 Å². The van der Waals surface area contributed by atoms with Crippen molar-refractivity contribution in [3.8, 4) is 17.2 Å². The number of benzene rings is 6. The number of thiazole rings is 3. The first-order valence-corrected chi connectivity index (χ1v) is 55.2. The highest BCUT2D eigenvalue weighted by molar-refractivity contribution is 7.18. The van der Waals surface area contributed by atoms with E-state index >= 15 is 0 Å². The quantitative estimate of drug-likeness (QED) is 0.133. The van der Waals surface area contributed by atoms with Gasteiger partial charge in [-0.15, -0.1) is 66.9 Å². The van der Waals surface area contributed by atoms with Crippen molar-refractivity contribution in [2.75, 3.05) is 13.9 Å². The van der Waals surface area contributed by atoms with E-state index in [-0.39, 0.29) is 49.9 Å². The molecule has 26 heteroatoms. The Morgan fingerprint density at radius 2 is 0.966 bits per heavy atom. The molecule has 0 saturated carbocycles. The van der Waals surface area contributed by atoms with Crippen LogP contribution in [-0.2, 0) is 86.8 Å². The average molecular weight is 2160 g/mol. The number of methoxy groups -OCH3 is 1. The van der Waals surface area contributed by atoms with Gasteiger partial charge in [-0.1, -0.05) is 211 Å². The molecule has 0 unspecified atom stereocenters. The zero-order valence-corrected chi connectivity index (χ0v) is 95.3. The van der Waals surface area contributed by atoms with Gasteiger partial charge in [-0.25, -0.2) is 29.5 Å². The standard InChI is InChI=1S/C11H16S.C10H11NS.C10H14O.C10H14.2C9H9NS.C9H12O.C9H12.C8H9NS.C8H8O2.2C5H7NO.C5H7NS.C4H6N2S.C4H5NS.CO2.5CH4/c1-3-9-8(2)12-11-7-5-4-6-10(9)11;1-7-10(11-2)8-5-3-4-6-9(8)12-7;1-4-9-6-5-8(2)10(7-9)11-3;1-3-4-10-7-5-9(2)6-8-10;1-6-9(10-2)7-4-3-5-8(7)11-6;1-6-4-3-5-8-9(6)10-7(2)11-8;1-2-8-5-3-4-6-9(8)7-10;1-2-6-9-7-4-3-5-8-9;1-5-6(2)10-7(3)8(5)9-4;1-6-2-3-7-8(4-6)10-5-9-7;1-4-3-7-5(2)6-4;1-4-3-5(2)7-6-4;1-4-3-7-5(2)6-4;1-3-5-6-4(2)7-3;1-4-5-2-3-6-4;2-1-3;;;;;/h3-7H2,1-2H3;3-6H2,1H3;5-7H,4H2,1-3H3;5-8H,3-4H2,1-2H3;3-5H2,1H3;3-5H,1-2H3;3-6,10H,2,7H2,1H3;3-5,7-8H,2,6H2,1H3;1-3H3;2-4H,5H2,1H3;3*3H,1-2H3;1-2H3;2-3H,1H3;;5*1H4. The fraction of sp³-hybridized carbons (Fsp3) is 0.418. The maximum Gasteiger partial charge on any atom is 0.373 e. The van der Waals surface area contributed by atoms with Crippen molar-refractivity contribution in [2.24, 2.45) is 0 Å². The second-order valence-electron chi connectivity index (χ2n) is 34.0. The number of aromatic nitrogens is 7. The summed E-state index contributed by atoms with van der Waals surface area (Å²) in [5, 5.41) is 29.6. The highest BCUT2D eigenvalue weighted by Gasteiger charge is 2.22. The molecule has 0 fully saturated rings. The molecule has 6 aromatic carbocycles. The number of fused-ring (bicyclic) bond motifs is 5. The van der Waals surface area contributed by atoms with Gasteiger partial charge in [0.05, 0.1) is 70.1 Å². The van der Waals surface area contributed by atoms with E-state index in [1.54, 1.807) is 97.1 Å². The largest absolute Gasteiger partial charge is 0.496 e. The zero-order chi connectivity index (χ0) is 105. The Labute approximate surface area is 921 Å². The number of aliphatic hydroxyl groups is 1. The van der Waals surface area contributed by atoms with Crippen LogP contribution in [0.3, 0.4) is 0 Å². The summed E-state index contributed by atoms with van der Waals surface area (Å²) < 4.78 is 26.3. The lowest BCUT2D eigenvalue weighted by atomic mass is 9.94. The van der Waals surface area contributed by atoms with Crippen LogP contribution in [0.15, 0.2) is 172 Å². The van der Waals surface area contributed by atoms with E-state index in [1.807, 2.05) is 178 Å². The van der Waals surface area contributed by atoms with Crippen LogP contribution in [0.25, 0.3) is 24.8 Å². The molecule has 800 valence electrons. The number of aliphatic hydroxyl groups excluding tert-OH is 1. The Bertz CT molecular complexity index is 6290. The minimum Gasteiger partial charge on any atom is -0.496 e. The van der Waals surface area contributed by atoms with Gasteiger partial charge in [-0.3, -0.25) is 4.98 Å². The van der Waals surface area contributed by atoms with E-state index < -0.39 is 0 Å². The number of aryl methyl sites for hydroxylation is 26. The predicted molar refractivity (Wildman–Crippen MR) is 638 cm³/mol. The van der Waals surface area contributed by atoms with Crippen LogP contribution in [-0.4, -0.2) is 60.5 Å². The third-order valence-electron chi connectivity index (χ3n) is 22.3. The summed E-state index contributed by atoms with van der Waals surface area (Å²) >= 11 is 14.1. The van der Waals surface area contributed by atoms with E-state index in [4.69, 9.17) is 57.6 Å². The minimum absolute atomic E-state index is 0. The first kappa shape index (κ1) is 136. The molecular weight excluding hydrogens is 1990 g/mol. The molecule has 4 aliphatic rings. The number of para-hydroxylation sites is 1. The molecule has 16 aromatic rings. The number of thiophene rings is 4. The van der Waals surface area contributed by atoms with Crippen molar-refractivity contribution < 1.29 is 37.8 Å². The van der Waals surface area contributed by atoms with Crippen molar-refractivity contribution in [1.82, 2.24) is 35.3 Å². The van der Waals surface area contributed by atoms with Crippen molar-refractivity contribution in [3.05, 3.63) is 368 Å². The Hall–Kier alpha value is -11.5. The number of hydrogen-bond donors (Lipinski definition) is 1. The van der Waals surface area contributed by atoms with Gasteiger partial charge in [0.15, 0.2) is 17.4 Å². The van der Waals surface area contributed by atoms with Crippen LogP contribution in [0, 0.1) is 158 Å². The molecule has 11 heterocycles. The van der Waals surface area contributed by atoms with E-state index in [2.05, 4.69) is 229 Å². The van der Waals surface area contributed by atoms with Gasteiger partial charge < -0.3 is 28.3 Å². The van der Waals surface area contributed by atoms with Crippen LogP contribution in [0.2, 0.25) is 0 Å². The summed E-state index contributed by atoms with van der Waals surface area (Å²) in [4.78, 5) is 54.4. The molecule has 0 saturated heterocycles. The van der Waals surface area contributed by atoms with Crippen molar-refractivity contribution in [1.29, 1.82) is 0 Å². The van der Waals surface area contributed by atoms with Gasteiger partial charge in [0.1, 0.15) is 27.8 Å². The van der Waals surface area contributed by atoms with Crippen LogP contribution >= 0.6 is 90.7 Å². The average Bonchev–Trinajstić information content (AvgIpc) is 1.66. The number of oxazole rings is 1. The van der Waals surface area contributed by atoms with E-state index in [1.165, 1.54) is 175 Å². The molecule has 0 radical (unpaired) electrons. The van der Waals surface area contributed by atoms with Gasteiger partial charge in [0.25, 0.3) is 0 Å². The summed E-state index contributed by atoms with van der Waals surface area (Å²) in [5.74, 6) is 4.31. The summed E-state index contributed by atoms with van der Waals surface area (Å²) in [6.07, 6.45) is 25.9. The van der Waals surface area contributed by atoms with Gasteiger partial charge in [0.2, 0.25) is 23.9 Å². The third-order valence-corrected chi connectivity index (χ3v) is 30.4. The lowest BCUT2D eigenvalue weighted by Gasteiger charge is -2.11. The number of ether oxygens (including phenoxy) is 3. The van der Waals surface area contributed by atoms with Crippen molar-refractivity contribution in [3.63, 3.8) is 0 Å². The van der Waals surface area contributed by atoms with E-state index in [9.17, 15) is 0 Å². The highest BCUT2D eigenvalue weighted by atomic mass is 32.1. The molecule has 0 bridgehead atoms. The molecule has 1 N–H and O–H groups in total. The fourth-order valence-electron chi connectivity index (χ4n) is 15.1. The van der Waals surface area contributed by atoms with E-state index in [0.717, 1.165) is 135 Å². The SMILES string of the molecule is C.C.C.C.C.CCCc1ccc(C)cc1.CCCc1ccccc1.CCc1c(C)sc2c1CCCC2.CCc1ccc(C)c(OC)c1.CCc1ccccc1CO.Cc1cc(C)on1.Cc1ccc2c(c1)OCO2.Cc1coc(C)n1.Cc1csc(C)n1.Cc1nc2c(C)cccc2s1.Cc1nccs1.Cc1nnc(C)s1.O=C=O.[C-]#[N+]c1c(C)sc(C)c1C.[C-]#[N+]c1c(C)sc2c1CCC2.[C-]#[N+]c1c(C)sc2c1CCCC2. The molecule has 0 amide bonds. The first-order valence-electron chi connectivity index (χ1n) is 48.6. The molecule has 3 aliphatic carbocycles. The molecule has 18 nitrogen and oxygen atoms in total. The van der Waals surface area contributed by atoms with Crippen molar-refractivity contribution in [2.45, 2.75) is 332 Å². The Kier molecular flexibility index (Phi) is 70.1. The molecule has 10 aromatic heterocycles. The van der Waals surface area contributed by atoms with Crippen LogP contribution in [0.1, 0.15) is 287 Å². The maximum absolute atomic E-state index is 8.85. The van der Waals surface area contributed by atoms with Gasteiger partial charge in [0, 0.05) is 60.0 Å². The normalized spacial score (nSPS) is 10.8. The fourth-order valence-corrected chi connectivity index (χ4v) is 22.4. The summed E-state index contributed by atoms with van der Waals surface area (Å²) in [6, 6.07) is 47.7. The number of rotatable bonds is 9. The lowest BCUT2D eigenvalue weighted by molar-refractivity contribution is -0.191. The minimum atomic E-state index is 0. The van der Waals surface area contributed by atoms with Gasteiger partial charge in [-0.2, -0.15) is 43.6 Å². The highest BCUT2D eigenvalue weighted by Crippen LogP contribution is 2.42. The maximum atomic E-state index is 8.85. The van der Waals surface area contributed by atoms with Gasteiger partial charge in [-0.05, 0) is 339 Å². The molecule has 1 aliphatic heterocycles. The van der Waals surface area contributed by atoms with Crippen LogP contribution in [0.4, 0.5) is 17.1 Å². The number of carbonyl (C=O) groups excluding carboxylic acids is 2. The smallest absolute Gasteiger partial charge is 0.373 e. The number of nitrogens with zero attached hydrogens (tertiary/aromatic N) is 10. The molecule has 20 rings (SSSR count). The van der Waals surface area contributed by atoms with Crippen molar-refractivity contribution >= 4 is 124 Å². The van der Waals surface area contributed by atoms with Crippen LogP contribution < -0.4 is 14.2 Å². The zero-order valence-electron chi connectivity index (χ0n) is 88.8. The summed E-state index contributed by atoms with van der Waals surface area (Å²) in [5.41, 5.74) is 25.7. The molecule has 0 atom stereocenters. The first-order chi connectivity index (χ1) is 68.6. The molecule has 0 spiro atoms. The lowest BCUT2D eigenvalue weighted by Crippen LogP contribution is -2.00. The second kappa shape index (κ2) is 76.0. The monoisotopic (exact) mass is 2160 g/mol. The Morgan fingerprint density at radius 1 is 0.439 bits per heavy atom. The topological polar surface area (TPSA) is 212 Å².